The highest BCUT2D eigenvalue weighted by atomic mass is 32.2. The maximum absolute atomic E-state index is 13.5. The van der Waals surface area contributed by atoms with Crippen molar-refractivity contribution in [2.75, 3.05) is 38.2 Å². The SMILES string of the molecule is COc1ccccc1N1CCN(C(=O)c2ccc(C=C3SC(=O)N(Cc4ccc(F)c(F)c4)C3=O)cc2)CC1. The minimum atomic E-state index is -1.04. The lowest BCUT2D eigenvalue weighted by Crippen LogP contribution is -2.48. The van der Waals surface area contributed by atoms with Gasteiger partial charge in [-0.05, 0) is 65.4 Å². The molecule has 2 aliphatic rings. The second-order valence-electron chi connectivity index (χ2n) is 9.09. The van der Waals surface area contributed by atoms with Gasteiger partial charge >= 0.3 is 0 Å². The highest BCUT2D eigenvalue weighted by molar-refractivity contribution is 8.18. The summed E-state index contributed by atoms with van der Waals surface area (Å²) in [6.45, 7) is 2.36. The second-order valence-corrected chi connectivity index (χ2v) is 10.1. The summed E-state index contributed by atoms with van der Waals surface area (Å²) in [7, 11) is 1.64. The summed E-state index contributed by atoms with van der Waals surface area (Å²) >= 11 is 0.779. The first-order chi connectivity index (χ1) is 18.8. The molecule has 7 nitrogen and oxygen atoms in total. The summed E-state index contributed by atoms with van der Waals surface area (Å²) in [6, 6.07) is 17.9. The molecular weight excluding hydrogens is 524 g/mol. The van der Waals surface area contributed by atoms with E-state index in [1.54, 1.807) is 37.5 Å². The van der Waals surface area contributed by atoms with E-state index in [0.717, 1.165) is 40.2 Å². The molecule has 10 heteroatoms. The molecule has 0 aliphatic carbocycles. The number of rotatable bonds is 6. The number of benzene rings is 3. The number of anilines is 1. The molecule has 0 radical (unpaired) electrons. The number of hydrogen-bond acceptors (Lipinski definition) is 6. The van der Waals surface area contributed by atoms with Crippen LogP contribution in [0.1, 0.15) is 21.5 Å². The molecule has 0 atom stereocenters. The molecule has 0 bridgehead atoms. The van der Waals surface area contributed by atoms with Crippen molar-refractivity contribution in [3.8, 4) is 5.75 Å². The first-order valence-corrected chi connectivity index (χ1v) is 13.1. The number of piperazine rings is 1. The van der Waals surface area contributed by atoms with Crippen LogP contribution in [0.3, 0.4) is 0 Å². The lowest BCUT2D eigenvalue weighted by molar-refractivity contribution is -0.123. The number of carbonyl (C=O) groups excluding carboxylic acids is 3. The summed E-state index contributed by atoms with van der Waals surface area (Å²) in [6.07, 6.45) is 1.58. The number of ether oxygens (including phenoxy) is 1. The van der Waals surface area contributed by atoms with Gasteiger partial charge in [-0.3, -0.25) is 19.3 Å². The number of para-hydroxylation sites is 2. The van der Waals surface area contributed by atoms with E-state index < -0.39 is 22.8 Å². The largest absolute Gasteiger partial charge is 0.495 e. The van der Waals surface area contributed by atoms with Crippen LogP contribution in [0.25, 0.3) is 6.08 Å². The molecule has 2 aliphatic heterocycles. The molecule has 2 fully saturated rings. The normalized spacial score (nSPS) is 16.8. The van der Waals surface area contributed by atoms with Gasteiger partial charge in [0.1, 0.15) is 5.75 Å². The molecule has 5 rings (SSSR count). The van der Waals surface area contributed by atoms with E-state index >= 15 is 0 Å². The standard InChI is InChI=1S/C29H25F2N3O4S/c1-38-25-5-3-2-4-24(25)32-12-14-33(15-13-32)27(35)21-9-6-19(7-10-21)17-26-28(36)34(29(37)39-26)18-20-8-11-22(30)23(31)16-20/h2-11,16-17H,12-15,18H2,1H3. The Morgan fingerprint density at radius 2 is 1.67 bits per heavy atom. The van der Waals surface area contributed by atoms with Gasteiger partial charge in [-0.25, -0.2) is 8.78 Å². The Hall–Kier alpha value is -4.18. The molecule has 0 N–H and O–H groups in total. The predicted molar refractivity (Wildman–Crippen MR) is 145 cm³/mol. The van der Waals surface area contributed by atoms with E-state index in [0.29, 0.717) is 42.9 Å². The minimum absolute atomic E-state index is 0.0759. The van der Waals surface area contributed by atoms with Crippen molar-refractivity contribution in [1.82, 2.24) is 9.80 Å². The van der Waals surface area contributed by atoms with Gasteiger partial charge in [-0.2, -0.15) is 0 Å². The molecule has 2 saturated heterocycles. The van der Waals surface area contributed by atoms with Gasteiger partial charge in [0.15, 0.2) is 11.6 Å². The van der Waals surface area contributed by atoms with Gasteiger partial charge < -0.3 is 14.5 Å². The van der Waals surface area contributed by atoms with E-state index in [9.17, 15) is 23.2 Å². The number of amides is 3. The molecular formula is C29H25F2N3O4S. The monoisotopic (exact) mass is 549 g/mol. The van der Waals surface area contributed by atoms with Crippen molar-refractivity contribution in [3.63, 3.8) is 0 Å². The maximum Gasteiger partial charge on any atom is 0.293 e. The third kappa shape index (κ3) is 5.65. The van der Waals surface area contributed by atoms with Gasteiger partial charge in [0.25, 0.3) is 17.1 Å². The number of methoxy groups -OCH3 is 1. The van der Waals surface area contributed by atoms with Crippen LogP contribution in [0.5, 0.6) is 5.75 Å². The highest BCUT2D eigenvalue weighted by Gasteiger charge is 2.35. The zero-order chi connectivity index (χ0) is 27.5. The molecule has 0 spiro atoms. The van der Waals surface area contributed by atoms with Crippen LogP contribution in [0.15, 0.2) is 71.6 Å². The van der Waals surface area contributed by atoms with Gasteiger partial charge in [0.2, 0.25) is 0 Å². The molecule has 39 heavy (non-hydrogen) atoms. The van der Waals surface area contributed by atoms with Crippen LogP contribution in [0.2, 0.25) is 0 Å². The van der Waals surface area contributed by atoms with Crippen LogP contribution in [-0.4, -0.2) is 60.1 Å². The molecule has 200 valence electrons. The predicted octanol–water partition coefficient (Wildman–Crippen LogP) is 5.17. The highest BCUT2D eigenvalue weighted by Crippen LogP contribution is 2.33. The third-order valence-corrected chi connectivity index (χ3v) is 7.55. The van der Waals surface area contributed by atoms with Crippen LogP contribution in [0, 0.1) is 11.6 Å². The smallest absolute Gasteiger partial charge is 0.293 e. The molecule has 0 unspecified atom stereocenters. The van der Waals surface area contributed by atoms with E-state index in [1.165, 1.54) is 6.07 Å². The summed E-state index contributed by atoms with van der Waals surface area (Å²) < 4.78 is 32.2. The fraction of sp³-hybridized carbons (Fsp3) is 0.207. The van der Waals surface area contributed by atoms with Gasteiger partial charge in [0.05, 0.1) is 24.2 Å². The summed E-state index contributed by atoms with van der Waals surface area (Å²) in [4.78, 5) is 43.5. The van der Waals surface area contributed by atoms with Crippen LogP contribution >= 0.6 is 11.8 Å². The molecule has 2 heterocycles. The zero-order valence-corrected chi connectivity index (χ0v) is 21.9. The van der Waals surface area contributed by atoms with Crippen molar-refractivity contribution < 1.29 is 27.9 Å². The maximum atomic E-state index is 13.5. The van der Waals surface area contributed by atoms with E-state index in [-0.39, 0.29) is 17.4 Å². The van der Waals surface area contributed by atoms with Gasteiger partial charge in [-0.15, -0.1) is 0 Å². The van der Waals surface area contributed by atoms with E-state index in [4.69, 9.17) is 4.74 Å². The molecule has 0 aromatic heterocycles. The zero-order valence-electron chi connectivity index (χ0n) is 21.1. The van der Waals surface area contributed by atoms with Crippen molar-refractivity contribution in [2.45, 2.75) is 6.54 Å². The van der Waals surface area contributed by atoms with E-state index in [1.807, 2.05) is 29.2 Å². The second kappa shape index (κ2) is 11.3. The molecule has 0 saturated carbocycles. The van der Waals surface area contributed by atoms with Gasteiger partial charge in [-0.1, -0.05) is 30.3 Å². The Kier molecular flexibility index (Phi) is 7.65. The number of nitrogens with zero attached hydrogens (tertiary/aromatic N) is 3. The number of hydrogen-bond donors (Lipinski definition) is 0. The summed E-state index contributed by atoms with van der Waals surface area (Å²) in [5.41, 5.74) is 2.50. The minimum Gasteiger partial charge on any atom is -0.495 e. The quantitative estimate of drug-likeness (QED) is 0.395. The van der Waals surface area contributed by atoms with Crippen LogP contribution < -0.4 is 9.64 Å². The Labute approximate surface area is 228 Å². The molecule has 3 aromatic carbocycles. The van der Waals surface area contributed by atoms with Crippen molar-refractivity contribution in [2.24, 2.45) is 0 Å². The topological polar surface area (TPSA) is 70.2 Å². The number of thioether (sulfide) groups is 1. The first-order valence-electron chi connectivity index (χ1n) is 12.3. The van der Waals surface area contributed by atoms with Crippen molar-refractivity contribution >= 4 is 40.6 Å². The third-order valence-electron chi connectivity index (χ3n) is 6.65. The Bertz CT molecular complexity index is 1450. The lowest BCUT2D eigenvalue weighted by Gasteiger charge is -2.36. The van der Waals surface area contributed by atoms with E-state index in [2.05, 4.69) is 4.90 Å². The number of carbonyl (C=O) groups is 3. The van der Waals surface area contributed by atoms with Gasteiger partial charge in [0, 0.05) is 31.7 Å². The number of halogens is 2. The summed E-state index contributed by atoms with van der Waals surface area (Å²) in [5, 5.41) is -0.491. The average molecular weight is 550 g/mol. The Morgan fingerprint density at radius 3 is 2.36 bits per heavy atom. The Balaban J connectivity index is 1.21. The van der Waals surface area contributed by atoms with Crippen molar-refractivity contribution in [1.29, 1.82) is 0 Å². The number of imide groups is 1. The Morgan fingerprint density at radius 1 is 0.949 bits per heavy atom. The van der Waals surface area contributed by atoms with Crippen molar-refractivity contribution in [3.05, 3.63) is 100.0 Å². The first kappa shape index (κ1) is 26.4. The van der Waals surface area contributed by atoms with Crippen LogP contribution in [0.4, 0.5) is 19.3 Å². The summed E-state index contributed by atoms with van der Waals surface area (Å²) in [5.74, 6) is -1.82. The fourth-order valence-electron chi connectivity index (χ4n) is 4.55. The lowest BCUT2D eigenvalue weighted by atomic mass is 10.1. The average Bonchev–Trinajstić information content (AvgIpc) is 3.22. The fourth-order valence-corrected chi connectivity index (χ4v) is 5.39. The molecule has 3 amide bonds. The van der Waals surface area contributed by atoms with Crippen LogP contribution in [-0.2, 0) is 11.3 Å². The molecule has 3 aromatic rings.